The van der Waals surface area contributed by atoms with Crippen molar-refractivity contribution in [2.24, 2.45) is 0 Å². The van der Waals surface area contributed by atoms with E-state index in [1.807, 2.05) is 32.0 Å². The Hall–Kier alpha value is -2.15. The smallest absolute Gasteiger partial charge is 0.251 e. The Morgan fingerprint density at radius 3 is 2.55 bits per heavy atom. The number of nitrogens with zero attached hydrogens (tertiary/aromatic N) is 2. The standard InChI is InChI=1S/C14H16N2O2.C2H6/c1-2-3-6-12-7-4-5-8-14(12)16(11-17)10-13(18)9-15;1-2/h4-5,7-8,11H,2-3,6,10H2,1H3;1-2H3. The SMILES string of the molecule is CC.CCCCc1ccccc1N(C=O)CC(=O)C#N. The zero-order valence-corrected chi connectivity index (χ0v) is 12.4. The van der Waals surface area contributed by atoms with Crippen LogP contribution in [0.2, 0.25) is 0 Å². The molecule has 0 atom stereocenters. The molecule has 4 heteroatoms. The van der Waals surface area contributed by atoms with Gasteiger partial charge in [-0.3, -0.25) is 9.59 Å². The predicted molar refractivity (Wildman–Crippen MR) is 80.4 cm³/mol. The summed E-state index contributed by atoms with van der Waals surface area (Å²) in [7, 11) is 0. The molecule has 0 aliphatic heterocycles. The van der Waals surface area contributed by atoms with Crippen molar-refractivity contribution < 1.29 is 9.59 Å². The second kappa shape index (κ2) is 10.7. The first-order chi connectivity index (χ1) is 9.72. The summed E-state index contributed by atoms with van der Waals surface area (Å²) in [6.45, 7) is 5.91. The van der Waals surface area contributed by atoms with E-state index in [1.54, 1.807) is 6.07 Å². The highest BCUT2D eigenvalue weighted by atomic mass is 16.1. The Bertz CT molecular complexity index is 464. The molecule has 0 aliphatic carbocycles. The average molecular weight is 274 g/mol. The van der Waals surface area contributed by atoms with Crippen LogP contribution in [0.3, 0.4) is 0 Å². The van der Waals surface area contributed by atoms with Crippen LogP contribution in [0.15, 0.2) is 24.3 Å². The molecule has 0 aliphatic rings. The summed E-state index contributed by atoms with van der Waals surface area (Å²) in [6.07, 6.45) is 3.54. The second-order valence-electron chi connectivity index (χ2n) is 4.00. The fraction of sp³-hybridized carbons (Fsp3) is 0.438. The van der Waals surface area contributed by atoms with Crippen LogP contribution in [0.4, 0.5) is 5.69 Å². The lowest BCUT2D eigenvalue weighted by atomic mass is 10.1. The highest BCUT2D eigenvalue weighted by Gasteiger charge is 2.13. The Kier molecular flexibility index (Phi) is 9.59. The summed E-state index contributed by atoms with van der Waals surface area (Å²) in [4.78, 5) is 23.5. The third-order valence-corrected chi connectivity index (χ3v) is 2.67. The highest BCUT2D eigenvalue weighted by molar-refractivity contribution is 6.00. The number of ketones is 1. The molecule has 20 heavy (non-hydrogen) atoms. The lowest BCUT2D eigenvalue weighted by molar-refractivity contribution is -0.115. The lowest BCUT2D eigenvalue weighted by Gasteiger charge is -2.18. The number of anilines is 1. The number of Topliss-reactive ketones (excluding diaryl/α,β-unsaturated/α-hetero) is 1. The van der Waals surface area contributed by atoms with Gasteiger partial charge in [-0.05, 0) is 24.5 Å². The molecule has 0 N–H and O–H groups in total. The lowest BCUT2D eigenvalue weighted by Crippen LogP contribution is -2.28. The van der Waals surface area contributed by atoms with Crippen LogP contribution < -0.4 is 4.90 Å². The fourth-order valence-electron chi connectivity index (χ4n) is 1.74. The van der Waals surface area contributed by atoms with Gasteiger partial charge in [0, 0.05) is 5.69 Å². The van der Waals surface area contributed by atoms with E-state index in [-0.39, 0.29) is 6.54 Å². The van der Waals surface area contributed by atoms with Crippen molar-refractivity contribution in [3.05, 3.63) is 29.8 Å². The molecule has 1 amide bonds. The predicted octanol–water partition coefficient (Wildman–Crippen LogP) is 3.11. The highest BCUT2D eigenvalue weighted by Crippen LogP contribution is 2.21. The van der Waals surface area contributed by atoms with Gasteiger partial charge in [0.05, 0.1) is 6.54 Å². The number of carbonyl (C=O) groups excluding carboxylic acids is 2. The third kappa shape index (κ3) is 5.66. The van der Waals surface area contributed by atoms with E-state index >= 15 is 0 Å². The summed E-state index contributed by atoms with van der Waals surface area (Å²) in [5, 5.41) is 8.49. The van der Waals surface area contributed by atoms with Crippen LogP contribution in [0.1, 0.15) is 39.2 Å². The molecule has 0 aromatic heterocycles. The molecule has 0 saturated carbocycles. The fourth-order valence-corrected chi connectivity index (χ4v) is 1.74. The maximum absolute atomic E-state index is 11.1. The molecular formula is C16H22N2O2. The first kappa shape index (κ1) is 17.8. The van der Waals surface area contributed by atoms with Gasteiger partial charge in [0.15, 0.2) is 0 Å². The topological polar surface area (TPSA) is 61.2 Å². The van der Waals surface area contributed by atoms with Gasteiger partial charge in [-0.15, -0.1) is 0 Å². The van der Waals surface area contributed by atoms with Crippen LogP contribution in [-0.2, 0) is 16.0 Å². The quantitative estimate of drug-likeness (QED) is 0.567. The van der Waals surface area contributed by atoms with Crippen LogP contribution in [-0.4, -0.2) is 18.7 Å². The van der Waals surface area contributed by atoms with E-state index in [1.165, 1.54) is 11.0 Å². The molecule has 0 heterocycles. The molecule has 1 aromatic carbocycles. The maximum atomic E-state index is 11.1. The van der Waals surface area contributed by atoms with Crippen LogP contribution in [0.25, 0.3) is 0 Å². The minimum Gasteiger partial charge on any atom is -0.306 e. The molecular weight excluding hydrogens is 252 g/mol. The summed E-state index contributed by atoms with van der Waals surface area (Å²) in [5.41, 5.74) is 1.74. The average Bonchev–Trinajstić information content (AvgIpc) is 2.52. The van der Waals surface area contributed by atoms with E-state index in [0.717, 1.165) is 24.8 Å². The molecule has 0 fully saturated rings. The first-order valence-electron chi connectivity index (χ1n) is 6.95. The van der Waals surface area contributed by atoms with E-state index in [9.17, 15) is 9.59 Å². The third-order valence-electron chi connectivity index (χ3n) is 2.67. The number of amides is 1. The number of para-hydroxylation sites is 1. The molecule has 0 bridgehead atoms. The minimum absolute atomic E-state index is 0.191. The molecule has 108 valence electrons. The first-order valence-corrected chi connectivity index (χ1v) is 6.95. The number of hydrogen-bond donors (Lipinski definition) is 0. The number of carbonyl (C=O) groups is 2. The number of unbranched alkanes of at least 4 members (excludes halogenated alkanes) is 1. The van der Waals surface area contributed by atoms with Gasteiger partial charge in [0.25, 0.3) is 5.78 Å². The number of hydrogen-bond acceptors (Lipinski definition) is 3. The van der Waals surface area contributed by atoms with E-state index in [4.69, 9.17) is 5.26 Å². The molecule has 0 unspecified atom stereocenters. The number of aryl methyl sites for hydroxylation is 1. The maximum Gasteiger partial charge on any atom is 0.251 e. The van der Waals surface area contributed by atoms with Crippen molar-refractivity contribution in [3.63, 3.8) is 0 Å². The van der Waals surface area contributed by atoms with Gasteiger partial charge in [0.2, 0.25) is 6.41 Å². The number of benzene rings is 1. The molecule has 4 nitrogen and oxygen atoms in total. The van der Waals surface area contributed by atoms with Gasteiger partial charge >= 0.3 is 0 Å². The van der Waals surface area contributed by atoms with Crippen molar-refractivity contribution in [1.29, 1.82) is 5.26 Å². The normalized spacial score (nSPS) is 8.90. The number of rotatable bonds is 7. The van der Waals surface area contributed by atoms with E-state index in [2.05, 4.69) is 6.92 Å². The molecule has 0 saturated heterocycles. The van der Waals surface area contributed by atoms with Crippen LogP contribution >= 0.6 is 0 Å². The summed E-state index contributed by atoms with van der Waals surface area (Å²) < 4.78 is 0. The second-order valence-corrected chi connectivity index (χ2v) is 4.00. The van der Waals surface area contributed by atoms with Crippen molar-refractivity contribution in [1.82, 2.24) is 0 Å². The molecule has 0 radical (unpaired) electrons. The van der Waals surface area contributed by atoms with Gasteiger partial charge in [0.1, 0.15) is 6.07 Å². The zero-order chi connectivity index (χ0) is 15.4. The molecule has 1 aromatic rings. The van der Waals surface area contributed by atoms with E-state index in [0.29, 0.717) is 12.1 Å². The van der Waals surface area contributed by atoms with Crippen LogP contribution in [0, 0.1) is 11.3 Å². The van der Waals surface area contributed by atoms with E-state index < -0.39 is 5.78 Å². The Balaban J connectivity index is 0.00000172. The van der Waals surface area contributed by atoms with Crippen molar-refractivity contribution >= 4 is 17.9 Å². The monoisotopic (exact) mass is 274 g/mol. The van der Waals surface area contributed by atoms with Crippen LogP contribution in [0.5, 0.6) is 0 Å². The Labute approximate surface area is 121 Å². The van der Waals surface area contributed by atoms with Gasteiger partial charge in [-0.1, -0.05) is 45.4 Å². The molecule has 1 rings (SSSR count). The largest absolute Gasteiger partial charge is 0.306 e. The Morgan fingerprint density at radius 1 is 1.35 bits per heavy atom. The number of nitriles is 1. The zero-order valence-electron chi connectivity index (χ0n) is 12.4. The van der Waals surface area contributed by atoms with Crippen molar-refractivity contribution in [2.75, 3.05) is 11.4 Å². The summed E-state index contributed by atoms with van der Waals surface area (Å²) in [6, 6.07) is 8.99. The minimum atomic E-state index is -0.618. The molecule has 0 spiro atoms. The summed E-state index contributed by atoms with van der Waals surface area (Å²) >= 11 is 0. The Morgan fingerprint density at radius 2 is 2.00 bits per heavy atom. The van der Waals surface area contributed by atoms with Gasteiger partial charge in [-0.25, -0.2) is 0 Å². The van der Waals surface area contributed by atoms with Crippen molar-refractivity contribution in [3.8, 4) is 6.07 Å². The summed E-state index contributed by atoms with van der Waals surface area (Å²) in [5.74, 6) is -0.618. The van der Waals surface area contributed by atoms with Gasteiger partial charge in [-0.2, -0.15) is 5.26 Å². The van der Waals surface area contributed by atoms with Gasteiger partial charge < -0.3 is 4.90 Å². The van der Waals surface area contributed by atoms with Crippen molar-refractivity contribution in [2.45, 2.75) is 40.0 Å².